The Kier molecular flexibility index (Phi) is 2.56. The van der Waals surface area contributed by atoms with Crippen LogP contribution in [0.3, 0.4) is 0 Å². The fourth-order valence-corrected chi connectivity index (χ4v) is 0.922. The molecule has 1 saturated heterocycles. The molecular formula is C6H8NO4. The van der Waals surface area contributed by atoms with E-state index in [4.69, 9.17) is 9.84 Å². The highest BCUT2D eigenvalue weighted by Gasteiger charge is 2.31. The number of rotatable bonds is 2. The maximum atomic E-state index is 10.4. The van der Waals surface area contributed by atoms with Crippen LogP contribution in [-0.2, 0) is 14.3 Å². The molecule has 5 nitrogen and oxygen atoms in total. The molecule has 1 fully saturated rings. The average molecular weight is 158 g/mol. The topological polar surface area (TPSA) is 75.6 Å². The van der Waals surface area contributed by atoms with E-state index < -0.39 is 18.1 Å². The molecule has 0 amide bonds. The highest BCUT2D eigenvalue weighted by atomic mass is 16.5. The molecular weight excluding hydrogens is 150 g/mol. The number of ether oxygens (including phenoxy) is 1. The van der Waals surface area contributed by atoms with Gasteiger partial charge in [0.2, 0.25) is 6.29 Å². The molecule has 0 aromatic carbocycles. The van der Waals surface area contributed by atoms with Gasteiger partial charge in [-0.15, -0.1) is 0 Å². The zero-order chi connectivity index (χ0) is 8.27. The Balaban J connectivity index is 2.58. The van der Waals surface area contributed by atoms with E-state index in [1.807, 2.05) is 0 Å². The van der Waals surface area contributed by atoms with E-state index in [1.54, 1.807) is 0 Å². The molecule has 61 valence electrons. The zero-order valence-corrected chi connectivity index (χ0v) is 5.74. The molecule has 0 aliphatic carbocycles. The van der Waals surface area contributed by atoms with Crippen molar-refractivity contribution in [2.75, 3.05) is 13.2 Å². The summed E-state index contributed by atoms with van der Waals surface area (Å²) in [6.07, 6.45) is 0.549. The van der Waals surface area contributed by atoms with Crippen LogP contribution >= 0.6 is 0 Å². The number of carbonyl (C=O) groups is 1. The Morgan fingerprint density at radius 3 is 2.91 bits per heavy atom. The highest BCUT2D eigenvalue weighted by Crippen LogP contribution is 2.01. The van der Waals surface area contributed by atoms with E-state index in [9.17, 15) is 9.59 Å². The lowest BCUT2D eigenvalue weighted by Gasteiger charge is -2.25. The molecule has 0 bridgehead atoms. The van der Waals surface area contributed by atoms with Gasteiger partial charge in [0.1, 0.15) is 12.1 Å². The number of hydrogen-bond donors (Lipinski definition) is 2. The van der Waals surface area contributed by atoms with Crippen molar-refractivity contribution in [2.24, 2.45) is 0 Å². The molecule has 2 atom stereocenters. The molecule has 1 heterocycles. The molecule has 1 aliphatic rings. The van der Waals surface area contributed by atoms with Gasteiger partial charge in [-0.1, -0.05) is 0 Å². The summed E-state index contributed by atoms with van der Waals surface area (Å²) >= 11 is 0. The van der Waals surface area contributed by atoms with Crippen LogP contribution in [0.15, 0.2) is 0 Å². The van der Waals surface area contributed by atoms with Crippen molar-refractivity contribution < 1.29 is 19.4 Å². The Hall–Kier alpha value is -0.940. The van der Waals surface area contributed by atoms with Crippen LogP contribution in [0.25, 0.3) is 0 Å². The zero-order valence-electron chi connectivity index (χ0n) is 5.74. The van der Waals surface area contributed by atoms with Crippen LogP contribution in [0.5, 0.6) is 0 Å². The second-order valence-electron chi connectivity index (χ2n) is 2.18. The summed E-state index contributed by atoms with van der Waals surface area (Å²) in [5.41, 5.74) is 0. The van der Waals surface area contributed by atoms with E-state index in [0.717, 1.165) is 0 Å². The van der Waals surface area contributed by atoms with Crippen LogP contribution in [0.2, 0.25) is 0 Å². The fraction of sp³-hybridized carbons (Fsp3) is 0.667. The molecule has 5 heteroatoms. The number of carboxylic acids is 1. The maximum Gasteiger partial charge on any atom is 0.323 e. The van der Waals surface area contributed by atoms with Crippen LogP contribution in [0.4, 0.5) is 0 Å². The second-order valence-corrected chi connectivity index (χ2v) is 2.18. The summed E-state index contributed by atoms with van der Waals surface area (Å²) in [6, 6.07) is -0.943. The maximum absolute atomic E-state index is 10.4. The van der Waals surface area contributed by atoms with Crippen LogP contribution in [0, 0.1) is 0 Å². The predicted octanol–water partition coefficient (Wildman–Crippen LogP) is -1.46. The van der Waals surface area contributed by atoms with Crippen molar-refractivity contribution >= 4 is 12.3 Å². The molecule has 1 rings (SSSR count). The first-order valence-corrected chi connectivity index (χ1v) is 3.21. The Morgan fingerprint density at radius 1 is 1.73 bits per heavy atom. The summed E-state index contributed by atoms with van der Waals surface area (Å²) in [5.74, 6) is -1.09. The number of aliphatic carboxylic acids is 1. The fourth-order valence-electron chi connectivity index (χ4n) is 0.922. The molecule has 0 aromatic rings. The molecule has 0 spiro atoms. The Labute approximate surface area is 63.3 Å². The van der Waals surface area contributed by atoms with Gasteiger partial charge >= 0.3 is 5.97 Å². The standard InChI is InChI=1S/C6H8NO4/c8-3-4-5(6(9)10)7-1-2-11-4/h4-5,7H,1-2H2,(H,9,10). The van der Waals surface area contributed by atoms with Crippen molar-refractivity contribution in [3.8, 4) is 0 Å². The first-order valence-electron chi connectivity index (χ1n) is 3.21. The largest absolute Gasteiger partial charge is 0.480 e. The smallest absolute Gasteiger partial charge is 0.323 e. The van der Waals surface area contributed by atoms with Gasteiger partial charge in [-0.05, 0) is 0 Å². The van der Waals surface area contributed by atoms with Gasteiger partial charge in [-0.3, -0.25) is 14.9 Å². The number of carboxylic acid groups (broad SMARTS) is 1. The Morgan fingerprint density at radius 2 is 2.45 bits per heavy atom. The second kappa shape index (κ2) is 3.45. The van der Waals surface area contributed by atoms with Crippen molar-refractivity contribution in [3.63, 3.8) is 0 Å². The third-order valence-electron chi connectivity index (χ3n) is 1.45. The first-order chi connectivity index (χ1) is 5.25. The van der Waals surface area contributed by atoms with Crippen LogP contribution in [-0.4, -0.2) is 42.7 Å². The van der Waals surface area contributed by atoms with Crippen LogP contribution in [0.1, 0.15) is 0 Å². The SMILES string of the molecule is O=[C]C1OCCNC1C(=O)O. The van der Waals surface area contributed by atoms with Gasteiger partial charge in [0, 0.05) is 6.54 Å². The monoisotopic (exact) mass is 158 g/mol. The van der Waals surface area contributed by atoms with E-state index in [2.05, 4.69) is 5.32 Å². The van der Waals surface area contributed by atoms with Gasteiger partial charge in [-0.25, -0.2) is 0 Å². The lowest BCUT2D eigenvalue weighted by Crippen LogP contribution is -2.53. The normalized spacial score (nSPS) is 31.3. The van der Waals surface area contributed by atoms with Gasteiger partial charge in [0.15, 0.2) is 0 Å². The lowest BCUT2D eigenvalue weighted by molar-refractivity contribution is -0.144. The number of carbonyl (C=O) groups excluding carboxylic acids is 1. The third-order valence-corrected chi connectivity index (χ3v) is 1.45. The third kappa shape index (κ3) is 1.75. The van der Waals surface area contributed by atoms with E-state index in [0.29, 0.717) is 13.2 Å². The Bertz CT molecular complexity index is 170. The van der Waals surface area contributed by atoms with E-state index in [-0.39, 0.29) is 0 Å². The van der Waals surface area contributed by atoms with Gasteiger partial charge < -0.3 is 9.84 Å². The van der Waals surface area contributed by atoms with Gasteiger partial charge in [0.25, 0.3) is 0 Å². The molecule has 1 aliphatic heterocycles. The lowest BCUT2D eigenvalue weighted by atomic mass is 10.1. The molecule has 1 radical (unpaired) electrons. The molecule has 0 aromatic heterocycles. The summed E-state index contributed by atoms with van der Waals surface area (Å²) in [4.78, 5) is 20.5. The van der Waals surface area contributed by atoms with Crippen molar-refractivity contribution in [3.05, 3.63) is 0 Å². The van der Waals surface area contributed by atoms with Crippen molar-refractivity contribution in [1.82, 2.24) is 5.32 Å². The minimum atomic E-state index is -1.09. The molecule has 2 N–H and O–H groups in total. The quantitative estimate of drug-likeness (QED) is 0.513. The minimum Gasteiger partial charge on any atom is -0.480 e. The number of nitrogens with one attached hydrogen (secondary N) is 1. The van der Waals surface area contributed by atoms with E-state index in [1.165, 1.54) is 6.29 Å². The molecule has 11 heavy (non-hydrogen) atoms. The number of morpholine rings is 1. The summed E-state index contributed by atoms with van der Waals surface area (Å²) in [7, 11) is 0. The highest BCUT2D eigenvalue weighted by molar-refractivity contribution is 5.79. The summed E-state index contributed by atoms with van der Waals surface area (Å²) < 4.78 is 4.83. The predicted molar refractivity (Wildman–Crippen MR) is 34.9 cm³/mol. The van der Waals surface area contributed by atoms with Crippen LogP contribution < -0.4 is 5.32 Å². The summed E-state index contributed by atoms with van der Waals surface area (Å²) in [5, 5.41) is 11.2. The van der Waals surface area contributed by atoms with Gasteiger partial charge in [0.05, 0.1) is 6.61 Å². The summed E-state index contributed by atoms with van der Waals surface area (Å²) in [6.45, 7) is 0.804. The first kappa shape index (κ1) is 8.16. The average Bonchev–Trinajstić information content (AvgIpc) is 2.04. The van der Waals surface area contributed by atoms with Crippen molar-refractivity contribution in [1.29, 1.82) is 0 Å². The molecule has 0 saturated carbocycles. The van der Waals surface area contributed by atoms with E-state index >= 15 is 0 Å². The minimum absolute atomic E-state index is 0.351. The number of hydrogen-bond acceptors (Lipinski definition) is 4. The molecule has 2 unspecified atom stereocenters. The van der Waals surface area contributed by atoms with Crippen molar-refractivity contribution in [2.45, 2.75) is 12.1 Å². The van der Waals surface area contributed by atoms with Gasteiger partial charge in [-0.2, -0.15) is 0 Å².